The lowest BCUT2D eigenvalue weighted by Crippen LogP contribution is -2.11. The lowest BCUT2D eigenvalue weighted by Gasteiger charge is -2.06. The van der Waals surface area contributed by atoms with Crippen LogP contribution in [-0.4, -0.2) is 5.78 Å². The molecule has 0 aliphatic heterocycles. The zero-order valence-electron chi connectivity index (χ0n) is 5.84. The van der Waals surface area contributed by atoms with E-state index in [1.54, 1.807) is 0 Å². The smallest absolute Gasteiger partial charge is 0.143 e. The van der Waals surface area contributed by atoms with Crippen molar-refractivity contribution >= 4 is 5.78 Å². The second-order valence-corrected chi connectivity index (χ2v) is 3.90. The molecule has 4 atom stereocenters. The van der Waals surface area contributed by atoms with Crippen LogP contribution in [0.5, 0.6) is 0 Å². The number of carbonyl (C=O) groups is 1. The molecule has 0 N–H and O–H groups in total. The fraction of sp³-hybridized carbons (Fsp3) is 0.667. The van der Waals surface area contributed by atoms with Crippen molar-refractivity contribution in [2.24, 2.45) is 23.7 Å². The first kappa shape index (κ1) is 5.11. The van der Waals surface area contributed by atoms with Gasteiger partial charge in [0.25, 0.3) is 0 Å². The molecule has 52 valence electrons. The summed E-state index contributed by atoms with van der Waals surface area (Å²) in [6.07, 6.45) is 2.47. The van der Waals surface area contributed by atoms with Gasteiger partial charge in [-0.25, -0.2) is 0 Å². The van der Waals surface area contributed by atoms with Gasteiger partial charge >= 0.3 is 0 Å². The van der Waals surface area contributed by atoms with Gasteiger partial charge in [0.05, 0.1) is 0 Å². The molecule has 1 nitrogen and oxygen atoms in total. The van der Waals surface area contributed by atoms with Gasteiger partial charge in [-0.05, 0) is 24.7 Å². The Balaban J connectivity index is 2.22. The molecule has 0 aromatic rings. The Bertz CT molecular complexity index is 217. The largest absolute Gasteiger partial charge is 0.299 e. The summed E-state index contributed by atoms with van der Waals surface area (Å²) in [7, 11) is 0. The highest BCUT2D eigenvalue weighted by Gasteiger charge is 2.61. The predicted molar refractivity (Wildman–Crippen MR) is 37.3 cm³/mol. The van der Waals surface area contributed by atoms with E-state index in [1.165, 1.54) is 18.4 Å². The van der Waals surface area contributed by atoms with Gasteiger partial charge in [-0.15, -0.1) is 0 Å². The summed E-state index contributed by atoms with van der Waals surface area (Å²) in [6, 6.07) is 0. The van der Waals surface area contributed by atoms with E-state index < -0.39 is 0 Å². The van der Waals surface area contributed by atoms with E-state index in [2.05, 4.69) is 6.58 Å². The van der Waals surface area contributed by atoms with E-state index in [0.717, 1.165) is 5.92 Å². The first-order chi connectivity index (χ1) is 4.79. The third-order valence-electron chi connectivity index (χ3n) is 3.62. The highest BCUT2D eigenvalue weighted by Crippen LogP contribution is 2.62. The molecule has 10 heavy (non-hydrogen) atoms. The van der Waals surface area contributed by atoms with Gasteiger partial charge in [0.1, 0.15) is 5.78 Å². The van der Waals surface area contributed by atoms with Crippen molar-refractivity contribution in [1.29, 1.82) is 0 Å². The summed E-state index contributed by atoms with van der Waals surface area (Å²) >= 11 is 0. The van der Waals surface area contributed by atoms with Crippen molar-refractivity contribution in [1.82, 2.24) is 0 Å². The summed E-state index contributed by atoms with van der Waals surface area (Å²) in [6.45, 7) is 3.99. The summed E-state index contributed by atoms with van der Waals surface area (Å²) < 4.78 is 0. The minimum atomic E-state index is 0.315. The van der Waals surface area contributed by atoms with Gasteiger partial charge < -0.3 is 0 Å². The molecule has 0 saturated heterocycles. The topological polar surface area (TPSA) is 17.1 Å². The van der Waals surface area contributed by atoms with Crippen molar-refractivity contribution in [2.75, 3.05) is 0 Å². The number of rotatable bonds is 0. The van der Waals surface area contributed by atoms with Crippen LogP contribution in [0.25, 0.3) is 0 Å². The van der Waals surface area contributed by atoms with Gasteiger partial charge in [-0.3, -0.25) is 4.79 Å². The van der Waals surface area contributed by atoms with E-state index in [1.807, 2.05) is 0 Å². The van der Waals surface area contributed by atoms with Crippen molar-refractivity contribution in [3.63, 3.8) is 0 Å². The lowest BCUT2D eigenvalue weighted by atomic mass is 9.96. The Labute approximate surface area is 60.1 Å². The zero-order chi connectivity index (χ0) is 6.88. The molecule has 4 aliphatic carbocycles. The van der Waals surface area contributed by atoms with Gasteiger partial charge in [-0.1, -0.05) is 12.2 Å². The maximum atomic E-state index is 11.4. The summed E-state index contributed by atoms with van der Waals surface area (Å²) in [5.41, 5.74) is 1.27. The second-order valence-electron chi connectivity index (χ2n) is 3.90. The van der Waals surface area contributed by atoms with Crippen LogP contribution in [0.1, 0.15) is 12.8 Å². The van der Waals surface area contributed by atoms with Crippen molar-refractivity contribution in [3.8, 4) is 0 Å². The number of allylic oxidation sites excluding steroid dienone is 1. The fourth-order valence-electron chi connectivity index (χ4n) is 3.25. The molecule has 0 heterocycles. The minimum Gasteiger partial charge on any atom is -0.299 e. The maximum Gasteiger partial charge on any atom is 0.143 e. The Hall–Kier alpha value is -0.590. The number of ketones is 1. The normalized spacial score (nSPS) is 55.6. The molecule has 4 rings (SSSR count). The fourth-order valence-corrected chi connectivity index (χ4v) is 3.25. The molecule has 0 amide bonds. The standard InChI is InChI=1S/C9H10O/c1-4-6-2-5-3-7(6)9(10)8(4)5/h5-8H,1-3H2. The first-order valence-corrected chi connectivity index (χ1v) is 4.01. The van der Waals surface area contributed by atoms with E-state index in [9.17, 15) is 4.79 Å². The third kappa shape index (κ3) is 0.309. The van der Waals surface area contributed by atoms with Crippen LogP contribution in [0.4, 0.5) is 0 Å². The summed E-state index contributed by atoms with van der Waals surface area (Å²) in [5, 5.41) is 0. The van der Waals surface area contributed by atoms with Crippen LogP contribution in [0.2, 0.25) is 0 Å². The van der Waals surface area contributed by atoms with E-state index in [4.69, 9.17) is 0 Å². The summed E-state index contributed by atoms with van der Waals surface area (Å²) in [5.74, 6) is 2.58. The third-order valence-corrected chi connectivity index (χ3v) is 3.62. The Kier molecular flexibility index (Phi) is 0.627. The quantitative estimate of drug-likeness (QED) is 0.458. The van der Waals surface area contributed by atoms with Crippen LogP contribution in [0, 0.1) is 23.7 Å². The highest BCUT2D eigenvalue weighted by molar-refractivity contribution is 5.94. The molecular weight excluding hydrogens is 124 g/mol. The number of Topliss-reactive ketones (excluding diaryl/α,β-unsaturated/α-hetero) is 1. The van der Waals surface area contributed by atoms with Crippen LogP contribution in [0.15, 0.2) is 12.2 Å². The number of carbonyl (C=O) groups excluding carboxylic acids is 1. The molecular formula is C9H10O. The van der Waals surface area contributed by atoms with Crippen LogP contribution in [0.3, 0.4) is 0 Å². The predicted octanol–water partition coefficient (Wildman–Crippen LogP) is 1.40. The lowest BCUT2D eigenvalue weighted by molar-refractivity contribution is -0.122. The van der Waals surface area contributed by atoms with Crippen LogP contribution in [-0.2, 0) is 4.79 Å². The van der Waals surface area contributed by atoms with Crippen molar-refractivity contribution in [2.45, 2.75) is 12.8 Å². The summed E-state index contributed by atoms with van der Waals surface area (Å²) in [4.78, 5) is 11.4. The molecule has 0 radical (unpaired) electrons. The van der Waals surface area contributed by atoms with Gasteiger partial charge in [0, 0.05) is 11.8 Å². The SMILES string of the molecule is C=C1C2CC3CC2C(=O)C13. The Morgan fingerprint density at radius 2 is 2.00 bits per heavy atom. The number of hydrogen-bond acceptors (Lipinski definition) is 1. The van der Waals surface area contributed by atoms with E-state index in [0.29, 0.717) is 23.5 Å². The molecule has 4 saturated carbocycles. The second kappa shape index (κ2) is 1.23. The Morgan fingerprint density at radius 3 is 2.30 bits per heavy atom. The number of hydrogen-bond donors (Lipinski definition) is 0. The van der Waals surface area contributed by atoms with Crippen molar-refractivity contribution < 1.29 is 4.79 Å². The molecule has 0 spiro atoms. The average molecular weight is 134 g/mol. The first-order valence-electron chi connectivity index (χ1n) is 4.01. The average Bonchev–Trinajstić information content (AvgIpc) is 2.51. The molecule has 4 unspecified atom stereocenters. The molecule has 1 heteroatoms. The maximum absolute atomic E-state index is 11.4. The van der Waals surface area contributed by atoms with E-state index >= 15 is 0 Å². The molecule has 0 aromatic carbocycles. The molecule has 4 fully saturated rings. The molecule has 4 bridgehead atoms. The van der Waals surface area contributed by atoms with Crippen LogP contribution < -0.4 is 0 Å². The Morgan fingerprint density at radius 1 is 1.30 bits per heavy atom. The molecule has 0 aromatic heterocycles. The molecule has 4 aliphatic rings. The zero-order valence-corrected chi connectivity index (χ0v) is 5.84. The van der Waals surface area contributed by atoms with Crippen LogP contribution >= 0.6 is 0 Å². The monoisotopic (exact) mass is 134 g/mol. The van der Waals surface area contributed by atoms with Gasteiger partial charge in [0.15, 0.2) is 0 Å². The van der Waals surface area contributed by atoms with Gasteiger partial charge in [0.2, 0.25) is 0 Å². The van der Waals surface area contributed by atoms with Crippen molar-refractivity contribution in [3.05, 3.63) is 12.2 Å². The minimum absolute atomic E-state index is 0.315. The highest BCUT2D eigenvalue weighted by atomic mass is 16.1. The van der Waals surface area contributed by atoms with Gasteiger partial charge in [-0.2, -0.15) is 0 Å². The van der Waals surface area contributed by atoms with E-state index in [-0.39, 0.29) is 0 Å².